The van der Waals surface area contributed by atoms with Gasteiger partial charge in [-0.15, -0.1) is 0 Å². The van der Waals surface area contributed by atoms with Crippen molar-refractivity contribution in [3.8, 4) is 0 Å². The molecular formula is C27H32ClN7O2. The van der Waals surface area contributed by atoms with Gasteiger partial charge in [-0.25, -0.2) is 4.98 Å². The smallest absolute Gasteiger partial charge is 0.254 e. The van der Waals surface area contributed by atoms with Crippen molar-refractivity contribution in [3.05, 3.63) is 65.3 Å². The zero-order valence-corrected chi connectivity index (χ0v) is 22.0. The van der Waals surface area contributed by atoms with Crippen LogP contribution in [0.4, 0.5) is 28.8 Å². The molecule has 2 aliphatic heterocycles. The lowest BCUT2D eigenvalue weighted by Crippen LogP contribution is -2.47. The Morgan fingerprint density at radius 1 is 1.03 bits per heavy atom. The molecule has 2 aromatic carbocycles. The van der Waals surface area contributed by atoms with Crippen molar-refractivity contribution in [2.75, 3.05) is 81.7 Å². The van der Waals surface area contributed by atoms with Crippen molar-refractivity contribution in [1.29, 1.82) is 0 Å². The first-order chi connectivity index (χ1) is 18.0. The molecule has 0 spiro atoms. The van der Waals surface area contributed by atoms with Crippen LogP contribution in [-0.4, -0.2) is 92.3 Å². The van der Waals surface area contributed by atoms with E-state index in [-0.39, 0.29) is 5.91 Å². The number of morpholine rings is 1. The average Bonchev–Trinajstić information content (AvgIpc) is 2.93. The summed E-state index contributed by atoms with van der Waals surface area (Å²) < 4.78 is 5.54. The van der Waals surface area contributed by atoms with Gasteiger partial charge in [0.25, 0.3) is 5.91 Å². The van der Waals surface area contributed by atoms with Crippen molar-refractivity contribution in [1.82, 2.24) is 19.8 Å². The number of nitrogens with one attached hydrogen (secondary N) is 1. The number of ether oxygens (including phenoxy) is 1. The van der Waals surface area contributed by atoms with Crippen LogP contribution < -0.4 is 15.1 Å². The molecule has 10 heteroatoms. The van der Waals surface area contributed by atoms with Crippen LogP contribution in [0.15, 0.2) is 54.7 Å². The number of benzene rings is 2. The van der Waals surface area contributed by atoms with Crippen molar-refractivity contribution in [2.45, 2.75) is 0 Å². The lowest BCUT2D eigenvalue weighted by molar-refractivity contribution is 0.0664. The Morgan fingerprint density at radius 2 is 1.81 bits per heavy atom. The highest BCUT2D eigenvalue weighted by molar-refractivity contribution is 6.30. The topological polar surface area (TPSA) is 77.1 Å². The highest BCUT2D eigenvalue weighted by atomic mass is 35.5. The van der Waals surface area contributed by atoms with Gasteiger partial charge in [-0.1, -0.05) is 17.7 Å². The fourth-order valence-electron chi connectivity index (χ4n) is 4.55. The maximum absolute atomic E-state index is 13.5. The minimum atomic E-state index is 0.0432. The summed E-state index contributed by atoms with van der Waals surface area (Å²) >= 11 is 6.18. The van der Waals surface area contributed by atoms with Gasteiger partial charge in [0.1, 0.15) is 5.82 Å². The van der Waals surface area contributed by atoms with Gasteiger partial charge >= 0.3 is 0 Å². The maximum atomic E-state index is 13.5. The molecule has 0 atom stereocenters. The first-order valence-corrected chi connectivity index (χ1v) is 12.9. The fraction of sp³-hybridized carbons (Fsp3) is 0.370. The highest BCUT2D eigenvalue weighted by Gasteiger charge is 2.23. The molecule has 0 saturated carbocycles. The van der Waals surface area contributed by atoms with Crippen LogP contribution in [0, 0.1) is 0 Å². The van der Waals surface area contributed by atoms with Crippen molar-refractivity contribution >= 4 is 46.3 Å². The van der Waals surface area contributed by atoms with Crippen LogP contribution in [0.1, 0.15) is 10.4 Å². The minimum absolute atomic E-state index is 0.0432. The molecule has 1 amide bonds. The third-order valence-corrected chi connectivity index (χ3v) is 7.00. The quantitative estimate of drug-likeness (QED) is 0.524. The van der Waals surface area contributed by atoms with Gasteiger partial charge in [0, 0.05) is 80.2 Å². The second kappa shape index (κ2) is 11.3. The third kappa shape index (κ3) is 6.12. The van der Waals surface area contributed by atoms with Crippen molar-refractivity contribution < 1.29 is 9.53 Å². The first-order valence-electron chi connectivity index (χ1n) is 12.5. The number of likely N-dealkylation sites (N-methyl/N-ethyl adjacent to an activating group) is 1. The molecule has 0 radical (unpaired) electrons. The average molecular weight is 522 g/mol. The van der Waals surface area contributed by atoms with Crippen LogP contribution in [0.3, 0.4) is 0 Å². The molecule has 9 nitrogen and oxygen atoms in total. The number of hydrogen-bond donors (Lipinski definition) is 1. The molecule has 1 aromatic heterocycles. The SMILES string of the molecule is CN1CCN(C(=O)c2cc(Nc3nccc(N(C)c4cccc(Cl)c4)n3)cc(N3CCOCC3)c2)CC1. The molecule has 3 heterocycles. The zero-order chi connectivity index (χ0) is 25.8. The van der Waals surface area contributed by atoms with Gasteiger partial charge in [0.2, 0.25) is 5.95 Å². The predicted octanol–water partition coefficient (Wildman–Crippen LogP) is 3.87. The molecule has 0 bridgehead atoms. The van der Waals surface area contributed by atoms with Gasteiger partial charge < -0.3 is 29.7 Å². The second-order valence-corrected chi connectivity index (χ2v) is 9.80. The molecular weight excluding hydrogens is 490 g/mol. The summed E-state index contributed by atoms with van der Waals surface area (Å²) in [6, 6.07) is 15.4. The Labute approximate surface area is 222 Å². The summed E-state index contributed by atoms with van der Waals surface area (Å²) in [4.78, 5) is 31.0. The number of aromatic nitrogens is 2. The van der Waals surface area contributed by atoms with Crippen molar-refractivity contribution in [3.63, 3.8) is 0 Å². The van der Waals surface area contributed by atoms with Gasteiger partial charge in [-0.3, -0.25) is 4.79 Å². The fourth-order valence-corrected chi connectivity index (χ4v) is 4.73. The molecule has 194 valence electrons. The predicted molar refractivity (Wildman–Crippen MR) is 148 cm³/mol. The summed E-state index contributed by atoms with van der Waals surface area (Å²) in [6.07, 6.45) is 1.72. The normalized spacial score (nSPS) is 16.5. The van der Waals surface area contributed by atoms with E-state index in [1.54, 1.807) is 6.20 Å². The molecule has 37 heavy (non-hydrogen) atoms. The number of anilines is 5. The number of halogens is 1. The van der Waals surface area contributed by atoms with Gasteiger partial charge in [-0.05, 0) is 49.5 Å². The van der Waals surface area contributed by atoms with Gasteiger partial charge in [0.05, 0.1) is 13.2 Å². The van der Waals surface area contributed by atoms with E-state index in [1.807, 2.05) is 65.4 Å². The summed E-state index contributed by atoms with van der Waals surface area (Å²) in [7, 11) is 4.02. The summed E-state index contributed by atoms with van der Waals surface area (Å²) in [5, 5.41) is 4.00. The second-order valence-electron chi connectivity index (χ2n) is 9.37. The molecule has 2 aliphatic rings. The Bertz CT molecular complexity index is 1240. The van der Waals surface area contributed by atoms with E-state index in [9.17, 15) is 4.79 Å². The monoisotopic (exact) mass is 521 g/mol. The zero-order valence-electron chi connectivity index (χ0n) is 21.2. The number of nitrogens with zero attached hydrogens (tertiary/aromatic N) is 6. The highest BCUT2D eigenvalue weighted by Crippen LogP contribution is 2.28. The van der Waals surface area contributed by atoms with Crippen molar-refractivity contribution in [2.24, 2.45) is 0 Å². The van der Waals surface area contributed by atoms with Gasteiger partial charge in [-0.2, -0.15) is 4.98 Å². The van der Waals surface area contributed by atoms with E-state index in [4.69, 9.17) is 21.3 Å². The molecule has 1 N–H and O–H groups in total. The summed E-state index contributed by atoms with van der Waals surface area (Å²) in [5.74, 6) is 1.21. The number of rotatable bonds is 6. The van der Waals surface area contributed by atoms with Gasteiger partial charge in [0.15, 0.2) is 0 Å². The first kappa shape index (κ1) is 25.3. The van der Waals surface area contributed by atoms with E-state index in [2.05, 4.69) is 27.1 Å². The Morgan fingerprint density at radius 3 is 2.57 bits per heavy atom. The number of piperazine rings is 1. The Hall–Kier alpha value is -3.40. The van der Waals surface area contributed by atoms with Crippen LogP contribution in [-0.2, 0) is 4.74 Å². The molecule has 2 saturated heterocycles. The minimum Gasteiger partial charge on any atom is -0.378 e. The standard InChI is InChI=1S/C27H32ClN7O2/c1-32-8-10-35(11-9-32)26(36)20-16-22(19-24(17-20)34-12-14-37-15-13-34)30-27-29-7-6-25(31-27)33(2)23-5-3-4-21(28)18-23/h3-7,16-19H,8-15H2,1-2H3,(H,29,30,31). The largest absolute Gasteiger partial charge is 0.378 e. The number of hydrogen-bond acceptors (Lipinski definition) is 8. The number of carbonyl (C=O) groups excluding carboxylic acids is 1. The van der Waals surface area contributed by atoms with E-state index < -0.39 is 0 Å². The summed E-state index contributed by atoms with van der Waals surface area (Å²) in [6.45, 7) is 6.09. The molecule has 0 aliphatic carbocycles. The van der Waals surface area contributed by atoms with Crippen LogP contribution in [0.2, 0.25) is 5.02 Å². The third-order valence-electron chi connectivity index (χ3n) is 6.77. The Balaban J connectivity index is 1.42. The molecule has 5 rings (SSSR count). The molecule has 3 aromatic rings. The van der Waals surface area contributed by atoms with Crippen LogP contribution >= 0.6 is 11.6 Å². The van der Waals surface area contributed by atoms with Crippen LogP contribution in [0.5, 0.6) is 0 Å². The maximum Gasteiger partial charge on any atom is 0.254 e. The van der Waals surface area contributed by atoms with Crippen LogP contribution in [0.25, 0.3) is 0 Å². The number of carbonyl (C=O) groups is 1. The van der Waals surface area contributed by atoms with E-state index >= 15 is 0 Å². The Kier molecular flexibility index (Phi) is 7.73. The lowest BCUT2D eigenvalue weighted by atomic mass is 10.1. The van der Waals surface area contributed by atoms with E-state index in [0.717, 1.165) is 62.1 Å². The molecule has 0 unspecified atom stereocenters. The van der Waals surface area contributed by atoms with E-state index in [1.165, 1.54) is 0 Å². The number of amides is 1. The lowest BCUT2D eigenvalue weighted by Gasteiger charge is -2.33. The summed E-state index contributed by atoms with van der Waals surface area (Å²) in [5.41, 5.74) is 3.33. The van der Waals surface area contributed by atoms with E-state index in [0.29, 0.717) is 29.7 Å². The molecule has 2 fully saturated rings.